The molecule has 1 aromatic carbocycles. The molecule has 1 aliphatic heterocycles. The SMILES string of the molecule is COc1c(CS(=O)(=O)Cl)cccc1OC1CCSCC1. The van der Waals surface area contributed by atoms with Gasteiger partial charge in [-0.1, -0.05) is 12.1 Å². The summed E-state index contributed by atoms with van der Waals surface area (Å²) in [6.45, 7) is 0. The van der Waals surface area contributed by atoms with Crippen LogP contribution in [-0.4, -0.2) is 33.1 Å². The van der Waals surface area contributed by atoms with Crippen molar-refractivity contribution >= 4 is 31.5 Å². The largest absolute Gasteiger partial charge is 0.493 e. The predicted molar refractivity (Wildman–Crippen MR) is 82.4 cm³/mol. The van der Waals surface area contributed by atoms with Gasteiger partial charge in [-0.15, -0.1) is 0 Å². The minimum absolute atomic E-state index is 0.160. The van der Waals surface area contributed by atoms with Crippen LogP contribution in [0.3, 0.4) is 0 Å². The van der Waals surface area contributed by atoms with Gasteiger partial charge < -0.3 is 9.47 Å². The molecule has 0 N–H and O–H groups in total. The molecule has 0 spiro atoms. The van der Waals surface area contributed by atoms with Crippen LogP contribution in [0.4, 0.5) is 0 Å². The Kier molecular flexibility index (Phi) is 5.46. The number of rotatable bonds is 5. The third kappa shape index (κ3) is 4.46. The Hall–Kier alpha value is -0.590. The number of methoxy groups -OCH3 is 1. The number of hydrogen-bond donors (Lipinski definition) is 0. The first-order valence-electron chi connectivity index (χ1n) is 6.32. The Labute approximate surface area is 128 Å². The van der Waals surface area contributed by atoms with Crippen LogP contribution in [0.5, 0.6) is 11.5 Å². The van der Waals surface area contributed by atoms with E-state index in [4.69, 9.17) is 20.2 Å². The molecule has 0 amide bonds. The lowest BCUT2D eigenvalue weighted by molar-refractivity contribution is 0.184. The molecule has 0 bridgehead atoms. The van der Waals surface area contributed by atoms with E-state index in [-0.39, 0.29) is 11.9 Å². The number of thioether (sulfide) groups is 1. The van der Waals surface area contributed by atoms with Gasteiger partial charge in [0.2, 0.25) is 9.05 Å². The first kappa shape index (κ1) is 15.8. The summed E-state index contributed by atoms with van der Waals surface area (Å²) in [4.78, 5) is 0. The molecule has 2 rings (SSSR count). The molecular weight excluding hydrogens is 320 g/mol. The quantitative estimate of drug-likeness (QED) is 0.773. The lowest BCUT2D eigenvalue weighted by atomic mass is 10.2. The zero-order valence-corrected chi connectivity index (χ0v) is 13.6. The van der Waals surface area contributed by atoms with Crippen LogP contribution in [0.2, 0.25) is 0 Å². The lowest BCUT2D eigenvalue weighted by Crippen LogP contribution is -2.22. The summed E-state index contributed by atoms with van der Waals surface area (Å²) in [6, 6.07) is 5.24. The molecule has 0 aliphatic carbocycles. The molecule has 1 saturated heterocycles. The van der Waals surface area contributed by atoms with E-state index >= 15 is 0 Å². The highest BCUT2D eigenvalue weighted by Crippen LogP contribution is 2.35. The van der Waals surface area contributed by atoms with Gasteiger partial charge in [0.15, 0.2) is 11.5 Å². The molecule has 20 heavy (non-hydrogen) atoms. The fourth-order valence-electron chi connectivity index (χ4n) is 2.16. The van der Waals surface area contributed by atoms with Gasteiger partial charge in [0.05, 0.1) is 12.9 Å². The zero-order chi connectivity index (χ0) is 14.6. The lowest BCUT2D eigenvalue weighted by Gasteiger charge is -2.24. The summed E-state index contributed by atoms with van der Waals surface area (Å²) in [7, 11) is 3.19. The van der Waals surface area contributed by atoms with Crippen LogP contribution in [0, 0.1) is 0 Å². The molecule has 1 aliphatic rings. The molecule has 0 unspecified atom stereocenters. The van der Waals surface area contributed by atoms with Crippen molar-refractivity contribution in [2.24, 2.45) is 0 Å². The molecule has 1 fully saturated rings. The highest BCUT2D eigenvalue weighted by atomic mass is 35.7. The highest BCUT2D eigenvalue weighted by Gasteiger charge is 2.20. The molecule has 0 saturated carbocycles. The predicted octanol–water partition coefficient (Wildman–Crippen LogP) is 3.04. The van der Waals surface area contributed by atoms with Crippen LogP contribution < -0.4 is 9.47 Å². The van der Waals surface area contributed by atoms with Gasteiger partial charge in [-0.3, -0.25) is 0 Å². The van der Waals surface area contributed by atoms with Crippen molar-refractivity contribution in [2.75, 3.05) is 18.6 Å². The maximum absolute atomic E-state index is 11.2. The van der Waals surface area contributed by atoms with Crippen molar-refractivity contribution < 1.29 is 17.9 Å². The zero-order valence-electron chi connectivity index (χ0n) is 11.2. The number of benzene rings is 1. The van der Waals surface area contributed by atoms with Crippen molar-refractivity contribution in [3.63, 3.8) is 0 Å². The van der Waals surface area contributed by atoms with E-state index in [9.17, 15) is 8.42 Å². The summed E-state index contributed by atoms with van der Waals surface area (Å²) >= 11 is 1.92. The number of ether oxygens (including phenoxy) is 2. The van der Waals surface area contributed by atoms with Crippen LogP contribution in [0.15, 0.2) is 18.2 Å². The maximum Gasteiger partial charge on any atom is 0.236 e. The van der Waals surface area contributed by atoms with Gasteiger partial charge in [0.25, 0.3) is 0 Å². The summed E-state index contributed by atoms with van der Waals surface area (Å²) in [5.74, 6) is 2.94. The topological polar surface area (TPSA) is 52.6 Å². The van der Waals surface area contributed by atoms with Crippen LogP contribution in [0.25, 0.3) is 0 Å². The molecular formula is C13H17ClO4S2. The van der Waals surface area contributed by atoms with Gasteiger partial charge in [0.1, 0.15) is 6.10 Å². The first-order valence-corrected chi connectivity index (χ1v) is 9.95. The first-order chi connectivity index (χ1) is 9.49. The third-order valence-electron chi connectivity index (χ3n) is 3.05. The van der Waals surface area contributed by atoms with Crippen LogP contribution in [0.1, 0.15) is 18.4 Å². The van der Waals surface area contributed by atoms with Gasteiger partial charge in [0, 0.05) is 16.2 Å². The van der Waals surface area contributed by atoms with Crippen molar-refractivity contribution in [3.05, 3.63) is 23.8 Å². The summed E-state index contributed by atoms with van der Waals surface area (Å²) in [5.41, 5.74) is 0.519. The van der Waals surface area contributed by atoms with E-state index in [1.807, 2.05) is 11.8 Å². The molecule has 112 valence electrons. The fraction of sp³-hybridized carbons (Fsp3) is 0.538. The summed E-state index contributed by atoms with van der Waals surface area (Å²) in [5, 5.41) is 0. The summed E-state index contributed by atoms with van der Waals surface area (Å²) in [6.07, 6.45) is 2.14. The van der Waals surface area contributed by atoms with Gasteiger partial charge in [-0.2, -0.15) is 11.8 Å². The Balaban J connectivity index is 2.21. The van der Waals surface area contributed by atoms with Gasteiger partial charge in [-0.05, 0) is 30.4 Å². The number of hydrogen-bond acceptors (Lipinski definition) is 5. The van der Waals surface area contributed by atoms with Crippen LogP contribution >= 0.6 is 22.4 Å². The highest BCUT2D eigenvalue weighted by molar-refractivity contribution is 8.13. The molecule has 1 heterocycles. The van der Waals surface area contributed by atoms with Crippen molar-refractivity contribution in [1.82, 2.24) is 0 Å². The Morgan fingerprint density at radius 3 is 2.65 bits per heavy atom. The molecule has 0 atom stereocenters. The van der Waals surface area contributed by atoms with E-state index in [2.05, 4.69) is 0 Å². The van der Waals surface area contributed by atoms with Gasteiger partial charge in [-0.25, -0.2) is 8.42 Å². The Morgan fingerprint density at radius 2 is 2.05 bits per heavy atom. The number of halogens is 1. The average molecular weight is 337 g/mol. The van der Waals surface area contributed by atoms with E-state index in [0.717, 1.165) is 24.3 Å². The monoisotopic (exact) mass is 336 g/mol. The third-order valence-corrected chi connectivity index (χ3v) is 5.09. The second-order valence-corrected chi connectivity index (χ2v) is 8.56. The molecule has 4 nitrogen and oxygen atoms in total. The second kappa shape index (κ2) is 6.91. The smallest absolute Gasteiger partial charge is 0.236 e. The van der Waals surface area contributed by atoms with E-state index < -0.39 is 9.05 Å². The Bertz CT molecular complexity index is 553. The van der Waals surface area contributed by atoms with Crippen molar-refractivity contribution in [1.29, 1.82) is 0 Å². The minimum Gasteiger partial charge on any atom is -0.493 e. The average Bonchev–Trinajstić information content (AvgIpc) is 2.38. The number of para-hydroxylation sites is 1. The van der Waals surface area contributed by atoms with E-state index in [0.29, 0.717) is 17.1 Å². The summed E-state index contributed by atoms with van der Waals surface area (Å²) < 4.78 is 33.7. The van der Waals surface area contributed by atoms with Crippen molar-refractivity contribution in [3.8, 4) is 11.5 Å². The minimum atomic E-state index is -3.63. The van der Waals surface area contributed by atoms with Gasteiger partial charge >= 0.3 is 0 Å². The van der Waals surface area contributed by atoms with E-state index in [1.165, 1.54) is 7.11 Å². The molecule has 7 heteroatoms. The second-order valence-electron chi connectivity index (χ2n) is 4.56. The maximum atomic E-state index is 11.2. The standard InChI is InChI=1S/C13H17ClO4S2/c1-17-13-10(9-20(14,15)16)3-2-4-12(13)18-11-5-7-19-8-6-11/h2-4,11H,5-9H2,1H3. The molecule has 0 aromatic heterocycles. The van der Waals surface area contributed by atoms with Crippen molar-refractivity contribution in [2.45, 2.75) is 24.7 Å². The van der Waals surface area contributed by atoms with Crippen LogP contribution in [-0.2, 0) is 14.8 Å². The fourth-order valence-corrected chi connectivity index (χ4v) is 4.17. The Morgan fingerprint density at radius 1 is 1.35 bits per heavy atom. The van der Waals surface area contributed by atoms with E-state index in [1.54, 1.807) is 18.2 Å². The normalized spacial score (nSPS) is 16.9. The molecule has 0 radical (unpaired) electrons. The molecule has 1 aromatic rings.